The van der Waals surface area contributed by atoms with Gasteiger partial charge in [-0.1, -0.05) is 55.4 Å². The molecule has 0 aliphatic rings. The largest absolute Gasteiger partial charge is 2.00 e. The normalized spacial score (nSPS) is 17.6. The van der Waals surface area contributed by atoms with Gasteiger partial charge in [-0.2, -0.15) is 0 Å². The molecule has 4 atom stereocenters. The van der Waals surface area contributed by atoms with Crippen molar-refractivity contribution in [1.82, 2.24) is 0 Å². The molecule has 29 heavy (non-hydrogen) atoms. The predicted octanol–water partition coefficient (Wildman–Crippen LogP) is 2.29. The van der Waals surface area contributed by atoms with Crippen molar-refractivity contribution in [3.63, 3.8) is 0 Å². The maximum absolute atomic E-state index is 11.4. The summed E-state index contributed by atoms with van der Waals surface area (Å²) in [6.07, 6.45) is 3.54. The van der Waals surface area contributed by atoms with Crippen LogP contribution in [0.4, 0.5) is 0 Å². The Bertz CT molecular complexity index is 444. The van der Waals surface area contributed by atoms with Gasteiger partial charge in [0, 0.05) is 0 Å². The van der Waals surface area contributed by atoms with Gasteiger partial charge >= 0.3 is 58.4 Å². The maximum atomic E-state index is 11.4. The minimum atomic E-state index is -3.56. The van der Waals surface area contributed by atoms with E-state index < -0.39 is 31.5 Å². The Balaban J connectivity index is -0.000000120. The van der Waals surface area contributed by atoms with Gasteiger partial charge in [0.1, 0.15) is 0 Å². The first-order valence-electron chi connectivity index (χ1n) is 9.17. The third kappa shape index (κ3) is 18.0. The topological polar surface area (TPSA) is 92.2 Å². The molecule has 0 aromatic rings. The zero-order valence-corrected chi connectivity index (χ0v) is 33.4. The third-order valence-corrected chi connectivity index (χ3v) is 20.6. The molecular weight excluding hydrogens is 643 g/mol. The molecule has 4 nitrogen and oxygen atoms in total. The Morgan fingerprint density at radius 3 is 0.759 bits per heavy atom. The third-order valence-electron chi connectivity index (χ3n) is 4.47. The molecule has 0 amide bonds. The average Bonchev–Trinajstić information content (AvgIpc) is 2.52. The van der Waals surface area contributed by atoms with Crippen molar-refractivity contribution in [3.8, 4) is 0 Å². The van der Waals surface area contributed by atoms with Gasteiger partial charge in [-0.25, -0.2) is 20.1 Å². The summed E-state index contributed by atoms with van der Waals surface area (Å²) in [6.45, 7) is 16.0. The Kier molecular flexibility index (Phi) is 31.6. The van der Waals surface area contributed by atoms with Crippen LogP contribution in [0, 0.1) is 0 Å². The van der Waals surface area contributed by atoms with Crippen molar-refractivity contribution < 1.29 is 78.0 Å². The van der Waals surface area contributed by atoms with Crippen molar-refractivity contribution in [1.29, 1.82) is 0 Å². The van der Waals surface area contributed by atoms with E-state index in [1.54, 1.807) is 0 Å². The van der Waals surface area contributed by atoms with Gasteiger partial charge in [-0.3, -0.25) is 0 Å². The summed E-state index contributed by atoms with van der Waals surface area (Å²) >= 11 is 9.21. The maximum Gasteiger partial charge on any atom is 2.00 e. The van der Waals surface area contributed by atoms with Crippen LogP contribution >= 0.6 is 11.4 Å². The fourth-order valence-electron chi connectivity index (χ4n) is 2.36. The molecule has 4 unspecified atom stereocenters. The summed E-state index contributed by atoms with van der Waals surface area (Å²) in [4.78, 5) is 45.5. The number of hydrogen-bond donors (Lipinski definition) is 0. The first-order valence-corrected chi connectivity index (χ1v) is 18.4. The van der Waals surface area contributed by atoms with Gasteiger partial charge in [-0.15, -0.1) is 0 Å². The Morgan fingerprint density at radius 1 is 0.552 bits per heavy atom. The molecule has 0 aromatic heterocycles. The number of rotatable bonds is 8. The molecule has 0 spiro atoms. The van der Waals surface area contributed by atoms with E-state index >= 15 is 0 Å². The second-order valence-electron chi connectivity index (χ2n) is 6.46. The van der Waals surface area contributed by atoms with E-state index in [9.17, 15) is 19.6 Å². The molecular formula is C16H36O4P2S4Zn3. The standard InChI is InChI=1S/2C8H18O2PS2.3Zn/c2*1-5-7(3)13(8(4)6-2)11(9,10)12;;;/h2*7-8H,5-6H2,1-4H3;;;/q2*-3;3*+2. The minimum absolute atomic E-state index is 0. The Hall–Kier alpha value is 3.97. The molecule has 0 radical (unpaired) electrons. The molecule has 0 aromatic carbocycles. The van der Waals surface area contributed by atoms with E-state index in [4.69, 9.17) is 0 Å². The summed E-state index contributed by atoms with van der Waals surface area (Å²) in [7, 11) is -1.23. The van der Waals surface area contributed by atoms with Gasteiger partial charge < -0.3 is 55.5 Å². The summed E-state index contributed by atoms with van der Waals surface area (Å²) in [5, 5.41) is 0.818. The van der Waals surface area contributed by atoms with Crippen LogP contribution in [0.5, 0.6) is 0 Å². The smallest absolute Gasteiger partial charge is 0.854 e. The monoisotopic (exact) mass is 674 g/mol. The predicted molar refractivity (Wildman–Crippen MR) is 122 cm³/mol. The van der Waals surface area contributed by atoms with Crippen LogP contribution in [0.15, 0.2) is 0 Å². The Morgan fingerprint density at radius 2 is 0.690 bits per heavy atom. The minimum Gasteiger partial charge on any atom is -0.854 e. The molecule has 164 valence electrons. The van der Waals surface area contributed by atoms with Crippen molar-refractivity contribution >= 4 is 56.0 Å². The molecule has 0 heterocycles. The van der Waals surface area contributed by atoms with Crippen LogP contribution < -0.4 is 19.6 Å². The van der Waals surface area contributed by atoms with E-state index in [0.717, 1.165) is 25.7 Å². The summed E-state index contributed by atoms with van der Waals surface area (Å²) in [6, 6.07) is 0. The average molecular weight is 679 g/mol. The van der Waals surface area contributed by atoms with Gasteiger partial charge in [0.25, 0.3) is 0 Å². The second kappa shape index (κ2) is 21.3. The fourth-order valence-corrected chi connectivity index (χ4v) is 19.4. The SMILES string of the molecule is CCC(C)S(C(C)CC)=P([O-])([O-])[S-].CCC(C)S(C(C)CC)=P([O-])([O-])[S-].[Zn+2].[Zn+2].[Zn+2]. The quantitative estimate of drug-likeness (QED) is 0.223. The first kappa shape index (κ1) is 43.1. The molecule has 0 fully saturated rings. The molecule has 0 rings (SSSR count). The van der Waals surface area contributed by atoms with E-state index in [1.165, 1.54) is 0 Å². The molecule has 0 saturated heterocycles. The van der Waals surface area contributed by atoms with Crippen LogP contribution in [-0.2, 0) is 103 Å². The van der Waals surface area contributed by atoms with E-state index in [2.05, 4.69) is 24.5 Å². The fraction of sp³-hybridized carbons (Fsp3) is 1.00. The second-order valence-corrected chi connectivity index (χ2v) is 22.5. The van der Waals surface area contributed by atoms with Crippen LogP contribution in [0.1, 0.15) is 81.1 Å². The summed E-state index contributed by atoms with van der Waals surface area (Å²) in [5.74, 6) is 0. The van der Waals surface area contributed by atoms with Crippen LogP contribution in [0.3, 0.4) is 0 Å². The Labute approximate surface area is 233 Å². The van der Waals surface area contributed by atoms with Gasteiger partial charge in [0.05, 0.1) is 0 Å². The van der Waals surface area contributed by atoms with Gasteiger partial charge in [0.15, 0.2) is 0 Å². The molecule has 13 heteroatoms. The van der Waals surface area contributed by atoms with Crippen molar-refractivity contribution in [3.05, 3.63) is 0 Å². The van der Waals surface area contributed by atoms with Gasteiger partial charge in [-0.05, 0) is 46.7 Å². The first-order chi connectivity index (χ1) is 11.7. The molecule has 0 aliphatic carbocycles. The van der Waals surface area contributed by atoms with E-state index in [-0.39, 0.29) is 79.4 Å². The van der Waals surface area contributed by atoms with Crippen LogP contribution in [0.25, 0.3) is 0 Å². The van der Waals surface area contributed by atoms with Gasteiger partial charge in [0.2, 0.25) is 0 Å². The summed E-state index contributed by atoms with van der Waals surface area (Å²) < 4.78 is 0. The zero-order valence-electron chi connectivity index (χ0n) is 19.4. The summed E-state index contributed by atoms with van der Waals surface area (Å²) in [5.41, 5.74) is -7.12. The molecule has 0 saturated carbocycles. The van der Waals surface area contributed by atoms with Crippen LogP contribution in [0.2, 0.25) is 0 Å². The molecule has 0 N–H and O–H groups in total. The van der Waals surface area contributed by atoms with Crippen molar-refractivity contribution in [2.45, 2.75) is 102 Å². The van der Waals surface area contributed by atoms with E-state index in [1.807, 2.05) is 55.4 Å². The molecule has 0 aliphatic heterocycles. The number of hydrogen-bond acceptors (Lipinski definition) is 6. The molecule has 0 bridgehead atoms. The van der Waals surface area contributed by atoms with Crippen LogP contribution in [-0.4, -0.2) is 21.0 Å². The van der Waals surface area contributed by atoms with Crippen molar-refractivity contribution in [2.24, 2.45) is 0 Å². The zero-order chi connectivity index (χ0) is 21.3. The van der Waals surface area contributed by atoms with E-state index in [0.29, 0.717) is 0 Å². The van der Waals surface area contributed by atoms with Crippen molar-refractivity contribution in [2.75, 3.05) is 0 Å².